The second-order valence-electron chi connectivity index (χ2n) is 5.74. The summed E-state index contributed by atoms with van der Waals surface area (Å²) in [7, 11) is 1.59. The largest absolute Gasteiger partial charge is 0.493 e. The Morgan fingerprint density at radius 2 is 2.00 bits per heavy atom. The average molecular weight is 365 g/mol. The monoisotopic (exact) mass is 365 g/mol. The third-order valence-corrected chi connectivity index (χ3v) is 3.66. The number of nitrogens with zero attached hydrogens (tertiary/aromatic N) is 3. The zero-order valence-corrected chi connectivity index (χ0v) is 15.0. The van der Waals surface area contributed by atoms with Gasteiger partial charge in [-0.1, -0.05) is 29.8 Å². The first-order valence-corrected chi connectivity index (χ1v) is 8.21. The summed E-state index contributed by atoms with van der Waals surface area (Å²) in [6, 6.07) is 13.6. The van der Waals surface area contributed by atoms with Gasteiger partial charge in [0.25, 0.3) is 5.56 Å². The van der Waals surface area contributed by atoms with Gasteiger partial charge in [-0.2, -0.15) is 5.10 Å². The molecule has 27 heavy (non-hydrogen) atoms. The lowest BCUT2D eigenvalue weighted by Gasteiger charge is -2.11. The Bertz CT molecular complexity index is 983. The highest BCUT2D eigenvalue weighted by molar-refractivity contribution is 5.81. The van der Waals surface area contributed by atoms with Crippen molar-refractivity contribution in [3.05, 3.63) is 75.7 Å². The number of methoxy groups -OCH3 is 1. The van der Waals surface area contributed by atoms with Gasteiger partial charge in [-0.25, -0.2) is 5.43 Å². The zero-order chi connectivity index (χ0) is 19.1. The molecule has 0 saturated heterocycles. The van der Waals surface area contributed by atoms with Gasteiger partial charge in [0.15, 0.2) is 11.5 Å². The summed E-state index contributed by atoms with van der Waals surface area (Å²) in [4.78, 5) is 13.6. The lowest BCUT2D eigenvalue weighted by Crippen LogP contribution is -2.10. The van der Waals surface area contributed by atoms with Crippen LogP contribution >= 0.6 is 0 Å². The van der Waals surface area contributed by atoms with Crippen molar-refractivity contribution in [3.63, 3.8) is 0 Å². The first-order valence-electron chi connectivity index (χ1n) is 8.21. The van der Waals surface area contributed by atoms with E-state index >= 15 is 0 Å². The molecule has 138 valence electrons. The third kappa shape index (κ3) is 5.15. The number of rotatable bonds is 7. The predicted molar refractivity (Wildman–Crippen MR) is 102 cm³/mol. The fraction of sp³-hybridized carbons (Fsp3) is 0.158. The zero-order valence-electron chi connectivity index (χ0n) is 15.0. The molecule has 0 aliphatic carbocycles. The predicted octanol–water partition coefficient (Wildman–Crippen LogP) is 2.51. The van der Waals surface area contributed by atoms with Gasteiger partial charge in [0, 0.05) is 0 Å². The molecule has 0 saturated carbocycles. The van der Waals surface area contributed by atoms with Gasteiger partial charge < -0.3 is 9.47 Å². The van der Waals surface area contributed by atoms with Gasteiger partial charge >= 0.3 is 0 Å². The van der Waals surface area contributed by atoms with Gasteiger partial charge in [0.05, 0.1) is 13.3 Å². The molecule has 2 N–H and O–H groups in total. The molecule has 3 rings (SSSR count). The standard InChI is InChI=1S/C19H19N5O3/c1-13-3-5-14(6-4-13)12-27-17-9-15(7-8-16(17)26-2)10-20-23-19-22-18(25)11-21-24-19/h3-11H,12H2,1-2H3,(H2,22,23,24,25)/b20-10+. The Morgan fingerprint density at radius 3 is 2.74 bits per heavy atom. The molecule has 0 amide bonds. The highest BCUT2D eigenvalue weighted by Gasteiger charge is 2.06. The van der Waals surface area contributed by atoms with Gasteiger partial charge in [-0.3, -0.25) is 9.78 Å². The minimum Gasteiger partial charge on any atom is -0.493 e. The van der Waals surface area contributed by atoms with Crippen molar-refractivity contribution < 1.29 is 9.47 Å². The molecule has 0 aliphatic heterocycles. The Balaban J connectivity index is 1.69. The number of anilines is 1. The van der Waals surface area contributed by atoms with Crippen molar-refractivity contribution >= 4 is 12.2 Å². The number of ether oxygens (including phenoxy) is 2. The minimum atomic E-state index is -0.362. The van der Waals surface area contributed by atoms with Gasteiger partial charge in [-0.05, 0) is 36.2 Å². The van der Waals surface area contributed by atoms with E-state index in [1.165, 1.54) is 5.56 Å². The van der Waals surface area contributed by atoms with Crippen LogP contribution in [0.4, 0.5) is 5.95 Å². The highest BCUT2D eigenvalue weighted by atomic mass is 16.5. The summed E-state index contributed by atoms with van der Waals surface area (Å²) in [5, 5.41) is 11.3. The Hall–Kier alpha value is -3.68. The number of H-pyrrole nitrogens is 1. The van der Waals surface area contributed by atoms with Crippen LogP contribution in [0.1, 0.15) is 16.7 Å². The van der Waals surface area contributed by atoms with Crippen LogP contribution in [0.2, 0.25) is 0 Å². The van der Waals surface area contributed by atoms with E-state index in [0.29, 0.717) is 18.1 Å². The fourth-order valence-corrected chi connectivity index (χ4v) is 2.26. The summed E-state index contributed by atoms with van der Waals surface area (Å²) in [5.41, 5.74) is 5.30. The van der Waals surface area contributed by atoms with E-state index in [1.807, 2.05) is 43.3 Å². The Kier molecular flexibility index (Phi) is 5.78. The molecular formula is C19H19N5O3. The lowest BCUT2D eigenvalue weighted by atomic mass is 10.1. The Morgan fingerprint density at radius 1 is 1.19 bits per heavy atom. The first kappa shape index (κ1) is 18.1. The normalized spacial score (nSPS) is 10.7. The van der Waals surface area contributed by atoms with E-state index in [9.17, 15) is 4.79 Å². The number of aryl methyl sites for hydroxylation is 1. The van der Waals surface area contributed by atoms with Crippen molar-refractivity contribution in [2.75, 3.05) is 12.5 Å². The van der Waals surface area contributed by atoms with E-state index in [-0.39, 0.29) is 11.5 Å². The molecule has 8 heteroatoms. The molecule has 0 atom stereocenters. The van der Waals surface area contributed by atoms with Crippen LogP contribution in [0, 0.1) is 6.92 Å². The van der Waals surface area contributed by atoms with Gasteiger partial charge in [0.2, 0.25) is 5.95 Å². The molecule has 3 aromatic rings. The number of nitrogens with one attached hydrogen (secondary N) is 2. The first-order chi connectivity index (χ1) is 13.1. The number of hydrogen-bond donors (Lipinski definition) is 2. The van der Waals surface area contributed by atoms with Gasteiger partial charge in [-0.15, -0.1) is 10.2 Å². The van der Waals surface area contributed by atoms with E-state index in [2.05, 4.69) is 25.7 Å². The summed E-state index contributed by atoms with van der Waals surface area (Å²) in [5.74, 6) is 1.39. The van der Waals surface area contributed by atoms with Crippen LogP contribution in [-0.4, -0.2) is 28.5 Å². The molecule has 0 radical (unpaired) electrons. The average Bonchev–Trinajstić information content (AvgIpc) is 2.68. The van der Waals surface area contributed by atoms with Crippen LogP contribution in [0.3, 0.4) is 0 Å². The van der Waals surface area contributed by atoms with Crippen LogP contribution in [0.15, 0.2) is 58.6 Å². The molecule has 2 aromatic carbocycles. The molecule has 1 aromatic heterocycles. The highest BCUT2D eigenvalue weighted by Crippen LogP contribution is 2.28. The maximum absolute atomic E-state index is 11.2. The molecule has 0 spiro atoms. The minimum absolute atomic E-state index is 0.156. The van der Waals surface area contributed by atoms with E-state index in [1.54, 1.807) is 19.4 Å². The van der Waals surface area contributed by atoms with Crippen LogP contribution < -0.4 is 20.5 Å². The Labute approximate surface area is 155 Å². The van der Waals surface area contributed by atoms with E-state index in [4.69, 9.17) is 9.47 Å². The molecule has 8 nitrogen and oxygen atoms in total. The van der Waals surface area contributed by atoms with E-state index in [0.717, 1.165) is 17.3 Å². The molecular weight excluding hydrogens is 346 g/mol. The lowest BCUT2D eigenvalue weighted by molar-refractivity contribution is 0.284. The fourth-order valence-electron chi connectivity index (χ4n) is 2.26. The summed E-state index contributed by atoms with van der Waals surface area (Å²) in [6.45, 7) is 2.47. The number of hydrogen-bond acceptors (Lipinski definition) is 7. The smallest absolute Gasteiger partial charge is 0.271 e. The number of hydrazone groups is 1. The number of aromatic nitrogens is 3. The third-order valence-electron chi connectivity index (χ3n) is 3.66. The maximum Gasteiger partial charge on any atom is 0.271 e. The van der Waals surface area contributed by atoms with E-state index < -0.39 is 0 Å². The van der Waals surface area contributed by atoms with Crippen molar-refractivity contribution in [3.8, 4) is 11.5 Å². The molecule has 0 fully saturated rings. The molecule has 0 aliphatic rings. The van der Waals surface area contributed by atoms with Crippen molar-refractivity contribution in [2.45, 2.75) is 13.5 Å². The van der Waals surface area contributed by atoms with Crippen molar-refractivity contribution in [1.29, 1.82) is 0 Å². The van der Waals surface area contributed by atoms with Crippen LogP contribution in [0.5, 0.6) is 11.5 Å². The quantitative estimate of drug-likeness (QED) is 0.493. The topological polar surface area (TPSA) is 101 Å². The SMILES string of the molecule is COc1ccc(/C=N/Nc2nncc(=O)[nH]2)cc1OCc1ccc(C)cc1. The molecule has 1 heterocycles. The van der Waals surface area contributed by atoms with Crippen molar-refractivity contribution in [1.82, 2.24) is 15.2 Å². The van der Waals surface area contributed by atoms with Crippen LogP contribution in [0.25, 0.3) is 0 Å². The molecule has 0 unspecified atom stereocenters. The summed E-state index contributed by atoms with van der Waals surface area (Å²) >= 11 is 0. The second-order valence-corrected chi connectivity index (χ2v) is 5.74. The maximum atomic E-state index is 11.2. The second kappa shape index (κ2) is 8.61. The molecule has 0 bridgehead atoms. The van der Waals surface area contributed by atoms with Crippen LogP contribution in [-0.2, 0) is 6.61 Å². The van der Waals surface area contributed by atoms with Gasteiger partial charge in [0.1, 0.15) is 12.8 Å². The summed E-state index contributed by atoms with van der Waals surface area (Å²) < 4.78 is 11.2. The number of benzene rings is 2. The summed E-state index contributed by atoms with van der Waals surface area (Å²) in [6.07, 6.45) is 2.65. The number of aromatic amines is 1. The van der Waals surface area contributed by atoms with Crippen molar-refractivity contribution in [2.24, 2.45) is 5.10 Å².